The molecule has 84 valence electrons. The number of aromatic nitrogens is 3. The highest BCUT2D eigenvalue weighted by Gasteiger charge is 2.11. The predicted octanol–water partition coefficient (Wildman–Crippen LogP) is 1.99. The standard InChI is InChI=1S/C11H14N4S/c1-8(12)9-4-3-5-13-10(9)16-11-14-6-7-15(11)2/h3-8H,12H2,1-2H3. The molecule has 16 heavy (non-hydrogen) atoms. The van der Waals surface area contributed by atoms with Crippen LogP contribution in [0.2, 0.25) is 0 Å². The van der Waals surface area contributed by atoms with Crippen LogP contribution in [0, 0.1) is 0 Å². The second-order valence-electron chi connectivity index (χ2n) is 3.61. The molecule has 2 N–H and O–H groups in total. The Kier molecular flexibility index (Phi) is 3.26. The van der Waals surface area contributed by atoms with E-state index in [0.717, 1.165) is 15.7 Å². The van der Waals surface area contributed by atoms with Crippen molar-refractivity contribution in [1.82, 2.24) is 14.5 Å². The largest absolute Gasteiger partial charge is 0.329 e. The zero-order valence-electron chi connectivity index (χ0n) is 9.29. The van der Waals surface area contributed by atoms with E-state index in [4.69, 9.17) is 5.73 Å². The van der Waals surface area contributed by atoms with Gasteiger partial charge in [-0.2, -0.15) is 0 Å². The third-order valence-electron chi connectivity index (χ3n) is 2.26. The molecular formula is C11H14N4S. The van der Waals surface area contributed by atoms with Crippen molar-refractivity contribution in [3.05, 3.63) is 36.3 Å². The first-order valence-corrected chi connectivity index (χ1v) is 5.86. The summed E-state index contributed by atoms with van der Waals surface area (Å²) in [7, 11) is 1.96. The zero-order valence-corrected chi connectivity index (χ0v) is 10.1. The highest BCUT2D eigenvalue weighted by molar-refractivity contribution is 7.99. The van der Waals surface area contributed by atoms with E-state index < -0.39 is 0 Å². The molecule has 4 nitrogen and oxygen atoms in total. The number of nitrogens with zero attached hydrogens (tertiary/aromatic N) is 3. The molecule has 0 fully saturated rings. The van der Waals surface area contributed by atoms with Crippen LogP contribution in [0.1, 0.15) is 18.5 Å². The van der Waals surface area contributed by atoms with Crippen molar-refractivity contribution >= 4 is 11.8 Å². The van der Waals surface area contributed by atoms with E-state index in [-0.39, 0.29) is 6.04 Å². The maximum atomic E-state index is 5.90. The van der Waals surface area contributed by atoms with Gasteiger partial charge < -0.3 is 10.3 Å². The number of hydrogen-bond donors (Lipinski definition) is 1. The van der Waals surface area contributed by atoms with Gasteiger partial charge in [-0.3, -0.25) is 0 Å². The maximum Gasteiger partial charge on any atom is 0.174 e. The second kappa shape index (κ2) is 4.67. The van der Waals surface area contributed by atoms with Gasteiger partial charge in [-0.25, -0.2) is 9.97 Å². The minimum absolute atomic E-state index is 0.0172. The number of aryl methyl sites for hydroxylation is 1. The first kappa shape index (κ1) is 11.2. The molecule has 0 aromatic carbocycles. The lowest BCUT2D eigenvalue weighted by Gasteiger charge is -2.10. The fourth-order valence-electron chi connectivity index (χ4n) is 1.37. The van der Waals surface area contributed by atoms with E-state index in [2.05, 4.69) is 9.97 Å². The molecule has 2 rings (SSSR count). The molecule has 0 aliphatic carbocycles. The van der Waals surface area contributed by atoms with Crippen LogP contribution in [0.5, 0.6) is 0 Å². The minimum atomic E-state index is -0.0172. The number of imidazole rings is 1. The van der Waals surface area contributed by atoms with Crippen LogP contribution in [0.4, 0.5) is 0 Å². The zero-order chi connectivity index (χ0) is 11.5. The topological polar surface area (TPSA) is 56.7 Å². The fraction of sp³-hybridized carbons (Fsp3) is 0.273. The molecule has 1 atom stereocenters. The minimum Gasteiger partial charge on any atom is -0.329 e. The average molecular weight is 234 g/mol. The van der Waals surface area contributed by atoms with Gasteiger partial charge in [0.05, 0.1) is 0 Å². The highest BCUT2D eigenvalue weighted by atomic mass is 32.2. The number of pyridine rings is 1. The van der Waals surface area contributed by atoms with Crippen LogP contribution in [0.15, 0.2) is 40.9 Å². The second-order valence-corrected chi connectivity index (χ2v) is 4.57. The Labute approximate surface area is 98.9 Å². The molecule has 0 aliphatic heterocycles. The Morgan fingerprint density at radius 1 is 1.38 bits per heavy atom. The van der Waals surface area contributed by atoms with Crippen molar-refractivity contribution < 1.29 is 0 Å². The van der Waals surface area contributed by atoms with E-state index in [9.17, 15) is 0 Å². The normalized spacial score (nSPS) is 12.7. The molecule has 0 saturated heterocycles. The lowest BCUT2D eigenvalue weighted by molar-refractivity contribution is 0.767. The molecule has 0 spiro atoms. The Morgan fingerprint density at radius 3 is 2.81 bits per heavy atom. The molecule has 5 heteroatoms. The fourth-order valence-corrected chi connectivity index (χ4v) is 2.35. The Hall–Kier alpha value is -1.33. The van der Waals surface area contributed by atoms with Gasteiger partial charge in [-0.05, 0) is 24.8 Å². The first-order valence-electron chi connectivity index (χ1n) is 5.04. The van der Waals surface area contributed by atoms with Gasteiger partial charge >= 0.3 is 0 Å². The van der Waals surface area contributed by atoms with E-state index in [0.29, 0.717) is 0 Å². The van der Waals surface area contributed by atoms with Gasteiger partial charge in [0.25, 0.3) is 0 Å². The van der Waals surface area contributed by atoms with E-state index in [1.165, 1.54) is 11.8 Å². The van der Waals surface area contributed by atoms with Crippen LogP contribution in [0.25, 0.3) is 0 Å². The summed E-state index contributed by atoms with van der Waals surface area (Å²) >= 11 is 1.54. The lowest BCUT2D eigenvalue weighted by atomic mass is 10.2. The highest BCUT2D eigenvalue weighted by Crippen LogP contribution is 2.29. The average Bonchev–Trinajstić information content (AvgIpc) is 2.65. The molecule has 0 aliphatic rings. The SMILES string of the molecule is CC(N)c1cccnc1Sc1nccn1C. The molecule has 0 amide bonds. The van der Waals surface area contributed by atoms with Crippen molar-refractivity contribution in [2.24, 2.45) is 12.8 Å². The van der Waals surface area contributed by atoms with E-state index in [1.54, 1.807) is 12.4 Å². The van der Waals surface area contributed by atoms with Crippen LogP contribution < -0.4 is 5.73 Å². The summed E-state index contributed by atoms with van der Waals surface area (Å²) in [6.45, 7) is 1.96. The van der Waals surface area contributed by atoms with Gasteiger partial charge in [0.2, 0.25) is 0 Å². The van der Waals surface area contributed by atoms with E-state index in [1.807, 2.05) is 36.9 Å². The Balaban J connectivity index is 2.31. The van der Waals surface area contributed by atoms with Gasteiger partial charge in [-0.1, -0.05) is 6.07 Å². The number of hydrogen-bond acceptors (Lipinski definition) is 4. The van der Waals surface area contributed by atoms with Gasteiger partial charge in [0.15, 0.2) is 5.16 Å². The molecule has 0 radical (unpaired) electrons. The summed E-state index contributed by atoms with van der Waals surface area (Å²) in [4.78, 5) is 8.60. The van der Waals surface area contributed by atoms with Crippen molar-refractivity contribution in [1.29, 1.82) is 0 Å². The predicted molar refractivity (Wildman–Crippen MR) is 64.2 cm³/mol. The first-order chi connectivity index (χ1) is 7.68. The van der Waals surface area contributed by atoms with E-state index >= 15 is 0 Å². The Bertz CT molecular complexity index is 478. The molecule has 0 bridgehead atoms. The summed E-state index contributed by atoms with van der Waals surface area (Å²) in [5.74, 6) is 0. The third-order valence-corrected chi connectivity index (χ3v) is 3.37. The van der Waals surface area contributed by atoms with Crippen LogP contribution >= 0.6 is 11.8 Å². The Morgan fingerprint density at radius 2 is 2.19 bits per heavy atom. The molecule has 1 unspecified atom stereocenters. The van der Waals surface area contributed by atoms with Crippen molar-refractivity contribution in [2.75, 3.05) is 0 Å². The molecule has 2 heterocycles. The smallest absolute Gasteiger partial charge is 0.174 e. The monoisotopic (exact) mass is 234 g/mol. The summed E-state index contributed by atoms with van der Waals surface area (Å²) in [6.07, 6.45) is 5.46. The van der Waals surface area contributed by atoms with Crippen molar-refractivity contribution in [3.8, 4) is 0 Å². The quantitative estimate of drug-likeness (QED) is 0.882. The van der Waals surface area contributed by atoms with Crippen LogP contribution in [-0.4, -0.2) is 14.5 Å². The summed E-state index contributed by atoms with van der Waals surface area (Å²) in [5.41, 5.74) is 6.95. The summed E-state index contributed by atoms with van der Waals surface area (Å²) in [5, 5.41) is 1.84. The molecule has 2 aromatic heterocycles. The summed E-state index contributed by atoms with van der Waals surface area (Å²) in [6, 6.07) is 3.89. The molecule has 0 saturated carbocycles. The van der Waals surface area contributed by atoms with Gasteiger partial charge in [0, 0.05) is 37.2 Å². The number of nitrogens with two attached hydrogens (primary N) is 1. The van der Waals surface area contributed by atoms with Gasteiger partial charge in [-0.15, -0.1) is 0 Å². The van der Waals surface area contributed by atoms with Crippen molar-refractivity contribution in [3.63, 3.8) is 0 Å². The lowest BCUT2D eigenvalue weighted by Crippen LogP contribution is -2.07. The third kappa shape index (κ3) is 2.25. The van der Waals surface area contributed by atoms with Crippen LogP contribution in [0.3, 0.4) is 0 Å². The molecular weight excluding hydrogens is 220 g/mol. The summed E-state index contributed by atoms with van der Waals surface area (Å²) < 4.78 is 1.96. The molecule has 2 aromatic rings. The van der Waals surface area contributed by atoms with Gasteiger partial charge in [0.1, 0.15) is 5.03 Å². The number of rotatable bonds is 3. The maximum absolute atomic E-state index is 5.90. The van der Waals surface area contributed by atoms with Crippen LogP contribution in [-0.2, 0) is 7.05 Å². The van der Waals surface area contributed by atoms with Crippen molar-refractivity contribution in [2.45, 2.75) is 23.1 Å².